The van der Waals surface area contributed by atoms with Gasteiger partial charge in [0.1, 0.15) is 5.75 Å². The predicted molar refractivity (Wildman–Crippen MR) is 103 cm³/mol. The normalized spacial score (nSPS) is 13.3. The van der Waals surface area contributed by atoms with Gasteiger partial charge in [0.05, 0.1) is 17.9 Å². The van der Waals surface area contributed by atoms with Gasteiger partial charge in [-0.25, -0.2) is 0 Å². The number of anilines is 1. The van der Waals surface area contributed by atoms with Gasteiger partial charge in [-0.15, -0.1) is 0 Å². The molecule has 0 saturated heterocycles. The third kappa shape index (κ3) is 3.21. The van der Waals surface area contributed by atoms with Crippen LogP contribution < -0.4 is 15.2 Å². The Hall–Kier alpha value is -3.41. The molecule has 1 aliphatic rings. The summed E-state index contributed by atoms with van der Waals surface area (Å²) in [5.74, 6) is 0.553. The van der Waals surface area contributed by atoms with Crippen molar-refractivity contribution in [1.29, 1.82) is 0 Å². The average molecular weight is 361 g/mol. The van der Waals surface area contributed by atoms with E-state index in [-0.39, 0.29) is 18.1 Å². The zero-order chi connectivity index (χ0) is 19.0. The first-order valence-electron chi connectivity index (χ1n) is 8.68. The first kappa shape index (κ1) is 17.0. The highest BCUT2D eigenvalue weighted by Gasteiger charge is 2.26. The topological polar surface area (TPSA) is 64.4 Å². The lowest BCUT2D eigenvalue weighted by atomic mass is 10.0. The minimum Gasteiger partial charge on any atom is -0.482 e. The highest BCUT2D eigenvalue weighted by Crippen LogP contribution is 2.36. The van der Waals surface area contributed by atoms with Crippen molar-refractivity contribution in [2.45, 2.75) is 13.5 Å². The van der Waals surface area contributed by atoms with Crippen molar-refractivity contribution in [3.05, 3.63) is 76.5 Å². The van der Waals surface area contributed by atoms with Crippen LogP contribution in [0, 0.1) is 6.92 Å². The largest absolute Gasteiger partial charge is 0.482 e. The third-order valence-electron chi connectivity index (χ3n) is 4.64. The zero-order valence-electron chi connectivity index (χ0n) is 15.2. The van der Waals surface area contributed by atoms with Crippen LogP contribution in [-0.2, 0) is 18.4 Å². The Bertz CT molecular complexity index is 1050. The summed E-state index contributed by atoms with van der Waals surface area (Å²) >= 11 is 0. The summed E-state index contributed by atoms with van der Waals surface area (Å²) in [4.78, 5) is 30.5. The van der Waals surface area contributed by atoms with Gasteiger partial charge in [0, 0.05) is 25.0 Å². The Labute approximate surface area is 156 Å². The van der Waals surface area contributed by atoms with Crippen molar-refractivity contribution in [2.75, 3.05) is 11.5 Å². The summed E-state index contributed by atoms with van der Waals surface area (Å²) in [5.41, 5.74) is 3.99. The standard InChI is InChI=1S/C21H19N3O3/c1-14-9-16(11-23(2)21(14)26)15-6-7-19-18(10-15)24(20(25)13-27-19)12-17-5-3-4-8-22-17/h3-11H,12-13H2,1-2H3. The van der Waals surface area contributed by atoms with Crippen LogP contribution in [0.4, 0.5) is 5.69 Å². The lowest BCUT2D eigenvalue weighted by molar-refractivity contribution is -0.121. The minimum absolute atomic E-state index is 0.0120. The maximum atomic E-state index is 12.5. The maximum absolute atomic E-state index is 12.5. The van der Waals surface area contributed by atoms with Gasteiger partial charge in [-0.05, 0) is 48.4 Å². The summed E-state index contributed by atoms with van der Waals surface area (Å²) in [6.45, 7) is 2.19. The van der Waals surface area contributed by atoms with Crippen molar-refractivity contribution in [3.8, 4) is 16.9 Å². The fourth-order valence-electron chi connectivity index (χ4n) is 3.24. The van der Waals surface area contributed by atoms with Crippen LogP contribution in [0.15, 0.2) is 59.7 Å². The van der Waals surface area contributed by atoms with Gasteiger partial charge < -0.3 is 9.30 Å². The molecule has 0 aliphatic carbocycles. The van der Waals surface area contributed by atoms with Crippen LogP contribution in [0.25, 0.3) is 11.1 Å². The van der Waals surface area contributed by atoms with E-state index in [0.29, 0.717) is 23.5 Å². The average Bonchev–Trinajstić information content (AvgIpc) is 2.68. The molecule has 0 fully saturated rings. The Balaban J connectivity index is 1.77. The van der Waals surface area contributed by atoms with Gasteiger partial charge in [0.25, 0.3) is 11.5 Å². The van der Waals surface area contributed by atoms with Crippen LogP contribution in [0.5, 0.6) is 5.75 Å². The van der Waals surface area contributed by atoms with Gasteiger partial charge in [-0.1, -0.05) is 12.1 Å². The van der Waals surface area contributed by atoms with E-state index in [1.807, 2.05) is 42.5 Å². The molecule has 1 aromatic carbocycles. The van der Waals surface area contributed by atoms with Gasteiger partial charge in [0.2, 0.25) is 0 Å². The van der Waals surface area contributed by atoms with Gasteiger partial charge in [-0.2, -0.15) is 0 Å². The molecule has 1 amide bonds. The molecule has 6 nitrogen and oxygen atoms in total. The first-order valence-corrected chi connectivity index (χ1v) is 8.68. The minimum atomic E-state index is -0.109. The number of carbonyl (C=O) groups excluding carboxylic acids is 1. The number of carbonyl (C=O) groups is 1. The number of hydrogen-bond acceptors (Lipinski definition) is 4. The van der Waals surface area contributed by atoms with Crippen molar-refractivity contribution in [3.63, 3.8) is 0 Å². The van der Waals surface area contributed by atoms with Crippen LogP contribution in [0.3, 0.4) is 0 Å². The van der Waals surface area contributed by atoms with Crippen LogP contribution in [0.2, 0.25) is 0 Å². The number of amides is 1. The van der Waals surface area contributed by atoms with E-state index in [1.54, 1.807) is 35.8 Å². The van der Waals surface area contributed by atoms with Crippen LogP contribution in [-0.4, -0.2) is 22.1 Å². The number of aromatic nitrogens is 2. The molecule has 1 aliphatic heterocycles. The number of benzene rings is 1. The van der Waals surface area contributed by atoms with Crippen molar-refractivity contribution < 1.29 is 9.53 Å². The van der Waals surface area contributed by atoms with Crippen LogP contribution >= 0.6 is 0 Å². The number of pyridine rings is 2. The molecule has 0 spiro atoms. The van der Waals surface area contributed by atoms with E-state index in [4.69, 9.17) is 4.74 Å². The Morgan fingerprint density at radius 1 is 1.11 bits per heavy atom. The predicted octanol–water partition coefficient (Wildman–Crippen LogP) is 2.68. The molecule has 3 heterocycles. The summed E-state index contributed by atoms with van der Waals surface area (Å²) in [6.07, 6.45) is 3.51. The summed E-state index contributed by atoms with van der Waals surface area (Å²) < 4.78 is 7.16. The highest BCUT2D eigenvalue weighted by molar-refractivity contribution is 5.98. The second-order valence-corrected chi connectivity index (χ2v) is 6.60. The second-order valence-electron chi connectivity index (χ2n) is 6.60. The quantitative estimate of drug-likeness (QED) is 0.719. The molecule has 0 bridgehead atoms. The zero-order valence-corrected chi connectivity index (χ0v) is 15.2. The van der Waals surface area contributed by atoms with Gasteiger partial charge in [0.15, 0.2) is 6.61 Å². The molecule has 4 rings (SSSR count). The van der Waals surface area contributed by atoms with Gasteiger partial charge in [-0.3, -0.25) is 19.5 Å². The van der Waals surface area contributed by atoms with E-state index in [9.17, 15) is 9.59 Å². The fourth-order valence-corrected chi connectivity index (χ4v) is 3.24. The van der Waals surface area contributed by atoms with Crippen molar-refractivity contribution >= 4 is 11.6 Å². The second kappa shape index (κ2) is 6.72. The lowest BCUT2D eigenvalue weighted by Crippen LogP contribution is -2.38. The number of nitrogens with zero attached hydrogens (tertiary/aromatic N) is 3. The molecule has 3 aromatic rings. The number of hydrogen-bond donors (Lipinski definition) is 0. The van der Waals surface area contributed by atoms with Crippen LogP contribution in [0.1, 0.15) is 11.3 Å². The van der Waals surface area contributed by atoms with E-state index in [2.05, 4.69) is 4.98 Å². The maximum Gasteiger partial charge on any atom is 0.265 e. The molecular formula is C21H19N3O3. The van der Waals surface area contributed by atoms with E-state index >= 15 is 0 Å². The molecule has 0 atom stereocenters. The first-order chi connectivity index (χ1) is 13.0. The summed E-state index contributed by atoms with van der Waals surface area (Å²) in [7, 11) is 1.73. The molecule has 0 radical (unpaired) electrons. The summed E-state index contributed by atoms with van der Waals surface area (Å²) in [6, 6.07) is 13.2. The summed E-state index contributed by atoms with van der Waals surface area (Å²) in [5, 5.41) is 0. The number of fused-ring (bicyclic) bond motifs is 1. The molecule has 136 valence electrons. The Kier molecular flexibility index (Phi) is 4.24. The van der Waals surface area contributed by atoms with E-state index in [1.165, 1.54) is 0 Å². The molecule has 27 heavy (non-hydrogen) atoms. The smallest absolute Gasteiger partial charge is 0.265 e. The van der Waals surface area contributed by atoms with Gasteiger partial charge >= 0.3 is 0 Å². The fraction of sp³-hybridized carbons (Fsp3) is 0.190. The van der Waals surface area contributed by atoms with E-state index < -0.39 is 0 Å². The molecule has 0 saturated carbocycles. The number of rotatable bonds is 3. The highest BCUT2D eigenvalue weighted by atomic mass is 16.5. The SMILES string of the molecule is Cc1cc(-c2ccc3c(c2)N(Cc2ccccn2)C(=O)CO3)cn(C)c1=O. The molecular weight excluding hydrogens is 342 g/mol. The number of ether oxygens (including phenoxy) is 1. The molecule has 0 unspecified atom stereocenters. The van der Waals surface area contributed by atoms with E-state index in [0.717, 1.165) is 16.8 Å². The molecule has 0 N–H and O–H groups in total. The third-order valence-corrected chi connectivity index (χ3v) is 4.64. The monoisotopic (exact) mass is 361 g/mol. The Morgan fingerprint density at radius 2 is 1.96 bits per heavy atom. The number of aryl methyl sites for hydroxylation is 2. The lowest BCUT2D eigenvalue weighted by Gasteiger charge is -2.29. The molecule has 2 aromatic heterocycles. The van der Waals surface area contributed by atoms with Crippen molar-refractivity contribution in [1.82, 2.24) is 9.55 Å². The molecule has 6 heteroatoms. The van der Waals surface area contributed by atoms with Crippen molar-refractivity contribution in [2.24, 2.45) is 7.05 Å². The Morgan fingerprint density at radius 3 is 2.70 bits per heavy atom.